The van der Waals surface area contributed by atoms with Crippen LogP contribution in [0.15, 0.2) is 30.5 Å². The van der Waals surface area contributed by atoms with Gasteiger partial charge in [0.05, 0.1) is 5.01 Å². The van der Waals surface area contributed by atoms with E-state index in [-0.39, 0.29) is 5.82 Å². The second-order valence-corrected chi connectivity index (χ2v) is 5.00. The van der Waals surface area contributed by atoms with Gasteiger partial charge in [-0.25, -0.2) is 9.37 Å². The molecule has 90 valence electrons. The zero-order chi connectivity index (χ0) is 12.1. The molecule has 2 aromatic rings. The van der Waals surface area contributed by atoms with Gasteiger partial charge in [-0.05, 0) is 24.1 Å². The summed E-state index contributed by atoms with van der Waals surface area (Å²) < 4.78 is 12.7. The fourth-order valence-electron chi connectivity index (χ4n) is 1.53. The number of hydrogen-bond acceptors (Lipinski definition) is 3. The van der Waals surface area contributed by atoms with Gasteiger partial charge in [-0.2, -0.15) is 0 Å². The Morgan fingerprint density at radius 2 is 2.00 bits per heavy atom. The number of nitrogens with one attached hydrogen (secondary N) is 1. The third kappa shape index (κ3) is 3.61. The van der Waals surface area contributed by atoms with Gasteiger partial charge < -0.3 is 5.32 Å². The van der Waals surface area contributed by atoms with Gasteiger partial charge in [-0.1, -0.05) is 19.1 Å². The lowest BCUT2D eigenvalue weighted by Gasteiger charge is -2.02. The number of aryl methyl sites for hydroxylation is 1. The minimum Gasteiger partial charge on any atom is -0.308 e. The normalized spacial score (nSPS) is 10.7. The molecule has 0 fully saturated rings. The van der Waals surface area contributed by atoms with E-state index in [0.717, 1.165) is 25.1 Å². The van der Waals surface area contributed by atoms with Crippen molar-refractivity contribution >= 4 is 11.3 Å². The highest BCUT2D eigenvalue weighted by Gasteiger charge is 2.00. The SMILES string of the molecule is CCc1ncc(CNCc2ccc(F)cc2)s1. The molecule has 1 aromatic carbocycles. The molecule has 1 heterocycles. The summed E-state index contributed by atoms with van der Waals surface area (Å²) in [5.74, 6) is -0.191. The Hall–Kier alpha value is -1.26. The number of halogens is 1. The van der Waals surface area contributed by atoms with Crippen molar-refractivity contribution in [1.82, 2.24) is 10.3 Å². The lowest BCUT2D eigenvalue weighted by molar-refractivity contribution is 0.625. The van der Waals surface area contributed by atoms with Crippen LogP contribution in [0.2, 0.25) is 0 Å². The summed E-state index contributed by atoms with van der Waals surface area (Å²) in [4.78, 5) is 5.54. The van der Waals surface area contributed by atoms with Crippen LogP contribution in [0.5, 0.6) is 0 Å². The van der Waals surface area contributed by atoms with Crippen LogP contribution in [0.4, 0.5) is 4.39 Å². The first-order valence-corrected chi connectivity index (χ1v) is 6.48. The summed E-state index contributed by atoms with van der Waals surface area (Å²) in [7, 11) is 0. The Kier molecular flexibility index (Phi) is 4.23. The molecule has 0 aliphatic rings. The van der Waals surface area contributed by atoms with Crippen LogP contribution in [0.3, 0.4) is 0 Å². The first-order chi connectivity index (χ1) is 8.28. The van der Waals surface area contributed by atoms with Crippen LogP contribution >= 0.6 is 11.3 Å². The summed E-state index contributed by atoms with van der Waals surface area (Å²) in [6.45, 7) is 3.67. The number of aromatic nitrogens is 1. The van der Waals surface area contributed by atoms with Crippen molar-refractivity contribution in [2.24, 2.45) is 0 Å². The number of hydrogen-bond donors (Lipinski definition) is 1. The molecule has 0 saturated heterocycles. The zero-order valence-electron chi connectivity index (χ0n) is 9.74. The molecule has 1 N–H and O–H groups in total. The predicted molar refractivity (Wildman–Crippen MR) is 68.4 cm³/mol. The molecule has 0 spiro atoms. The topological polar surface area (TPSA) is 24.9 Å². The van der Waals surface area contributed by atoms with Crippen molar-refractivity contribution in [3.05, 3.63) is 51.7 Å². The van der Waals surface area contributed by atoms with Gasteiger partial charge in [-0.3, -0.25) is 0 Å². The van der Waals surface area contributed by atoms with Gasteiger partial charge in [-0.15, -0.1) is 11.3 Å². The molecule has 0 saturated carbocycles. The van der Waals surface area contributed by atoms with Crippen LogP contribution in [0, 0.1) is 5.82 Å². The molecule has 1 aromatic heterocycles. The van der Waals surface area contributed by atoms with Crippen molar-refractivity contribution in [1.29, 1.82) is 0 Å². The Balaban J connectivity index is 1.81. The summed E-state index contributed by atoms with van der Waals surface area (Å²) in [5, 5.41) is 4.49. The number of thiazole rings is 1. The Morgan fingerprint density at radius 1 is 1.24 bits per heavy atom. The maximum Gasteiger partial charge on any atom is 0.123 e. The third-order valence-corrected chi connectivity index (χ3v) is 3.59. The average molecular weight is 250 g/mol. The van der Waals surface area contributed by atoms with Gasteiger partial charge in [0.15, 0.2) is 0 Å². The van der Waals surface area contributed by atoms with Gasteiger partial charge >= 0.3 is 0 Å². The molecule has 0 aliphatic heterocycles. The summed E-state index contributed by atoms with van der Waals surface area (Å²) in [6.07, 6.45) is 2.91. The van der Waals surface area contributed by atoms with E-state index in [0.29, 0.717) is 0 Å². The number of nitrogens with zero attached hydrogens (tertiary/aromatic N) is 1. The minimum absolute atomic E-state index is 0.191. The molecule has 0 atom stereocenters. The van der Waals surface area contributed by atoms with Crippen LogP contribution in [0.25, 0.3) is 0 Å². The standard InChI is InChI=1S/C13H15FN2S/c1-2-13-16-9-12(17-13)8-15-7-10-3-5-11(14)6-4-10/h3-6,9,15H,2,7-8H2,1H3. The van der Waals surface area contributed by atoms with E-state index in [2.05, 4.69) is 17.2 Å². The molecule has 2 nitrogen and oxygen atoms in total. The van der Waals surface area contributed by atoms with Crippen LogP contribution < -0.4 is 5.32 Å². The average Bonchev–Trinajstić information content (AvgIpc) is 2.80. The molecule has 0 aliphatic carbocycles. The smallest absolute Gasteiger partial charge is 0.123 e. The zero-order valence-corrected chi connectivity index (χ0v) is 10.6. The highest BCUT2D eigenvalue weighted by atomic mass is 32.1. The second-order valence-electron chi connectivity index (χ2n) is 3.80. The van der Waals surface area contributed by atoms with E-state index in [1.165, 1.54) is 22.0 Å². The molecular weight excluding hydrogens is 235 g/mol. The van der Waals surface area contributed by atoms with Gasteiger partial charge in [0.25, 0.3) is 0 Å². The fourth-order valence-corrected chi connectivity index (χ4v) is 2.36. The highest BCUT2D eigenvalue weighted by Crippen LogP contribution is 2.13. The van der Waals surface area contributed by atoms with E-state index in [4.69, 9.17) is 0 Å². The van der Waals surface area contributed by atoms with E-state index in [1.54, 1.807) is 23.5 Å². The van der Waals surface area contributed by atoms with Gasteiger partial charge in [0.1, 0.15) is 5.82 Å². The lowest BCUT2D eigenvalue weighted by atomic mass is 10.2. The molecule has 17 heavy (non-hydrogen) atoms. The molecule has 0 bridgehead atoms. The van der Waals surface area contributed by atoms with Gasteiger partial charge in [0.2, 0.25) is 0 Å². The fraction of sp³-hybridized carbons (Fsp3) is 0.308. The van der Waals surface area contributed by atoms with Crippen molar-refractivity contribution < 1.29 is 4.39 Å². The van der Waals surface area contributed by atoms with Crippen molar-refractivity contribution in [2.45, 2.75) is 26.4 Å². The van der Waals surface area contributed by atoms with Gasteiger partial charge in [0, 0.05) is 24.2 Å². The number of benzene rings is 1. The predicted octanol–water partition coefficient (Wildman–Crippen LogP) is 3.13. The van der Waals surface area contributed by atoms with E-state index in [1.807, 2.05) is 6.20 Å². The third-order valence-electron chi connectivity index (χ3n) is 2.45. The summed E-state index contributed by atoms with van der Waals surface area (Å²) in [5.41, 5.74) is 1.09. The van der Waals surface area contributed by atoms with Crippen molar-refractivity contribution in [3.63, 3.8) is 0 Å². The van der Waals surface area contributed by atoms with E-state index >= 15 is 0 Å². The Morgan fingerprint density at radius 3 is 2.65 bits per heavy atom. The van der Waals surface area contributed by atoms with Crippen molar-refractivity contribution in [3.8, 4) is 0 Å². The molecule has 0 unspecified atom stereocenters. The molecule has 0 amide bonds. The summed E-state index contributed by atoms with van der Waals surface area (Å²) in [6, 6.07) is 6.57. The highest BCUT2D eigenvalue weighted by molar-refractivity contribution is 7.11. The first kappa shape index (κ1) is 12.2. The van der Waals surface area contributed by atoms with E-state index < -0.39 is 0 Å². The maximum absolute atomic E-state index is 12.7. The second kappa shape index (κ2) is 5.89. The quantitative estimate of drug-likeness (QED) is 0.882. The lowest BCUT2D eigenvalue weighted by Crippen LogP contribution is -2.11. The first-order valence-electron chi connectivity index (χ1n) is 5.66. The van der Waals surface area contributed by atoms with Crippen molar-refractivity contribution in [2.75, 3.05) is 0 Å². The molecular formula is C13H15FN2S. The monoisotopic (exact) mass is 250 g/mol. The van der Waals surface area contributed by atoms with E-state index in [9.17, 15) is 4.39 Å². The molecule has 4 heteroatoms. The Labute approximate surface area is 105 Å². The van der Waals surface area contributed by atoms with Crippen LogP contribution in [0.1, 0.15) is 22.4 Å². The Bertz CT molecular complexity index is 465. The summed E-state index contributed by atoms with van der Waals surface area (Å²) >= 11 is 1.74. The maximum atomic E-state index is 12.7. The van der Waals surface area contributed by atoms with Crippen LogP contribution in [-0.4, -0.2) is 4.98 Å². The van der Waals surface area contributed by atoms with Crippen LogP contribution in [-0.2, 0) is 19.5 Å². The molecule has 2 rings (SSSR count). The number of rotatable bonds is 5. The minimum atomic E-state index is -0.191. The molecule has 0 radical (unpaired) electrons. The largest absolute Gasteiger partial charge is 0.308 e.